The van der Waals surface area contributed by atoms with E-state index < -0.39 is 23.5 Å². The smallest absolute Gasteiger partial charge is 0.218 e. The van der Waals surface area contributed by atoms with Gasteiger partial charge in [-0.2, -0.15) is 0 Å². The minimum absolute atomic E-state index is 0. The number of benzene rings is 1. The fraction of sp³-hybridized carbons (Fsp3) is 0.316. The number of primary amides is 1. The van der Waals surface area contributed by atoms with E-state index in [2.05, 4.69) is 10.3 Å². The van der Waals surface area contributed by atoms with Gasteiger partial charge in [-0.1, -0.05) is 24.6 Å². The van der Waals surface area contributed by atoms with Crippen LogP contribution in [0.25, 0.3) is 0 Å². The third-order valence-electron chi connectivity index (χ3n) is 4.17. The number of halogens is 2. The van der Waals surface area contributed by atoms with E-state index in [1.807, 2.05) is 6.92 Å². The molecule has 8 heteroatoms. The predicted molar refractivity (Wildman–Crippen MR) is 107 cm³/mol. The molecule has 0 bridgehead atoms. The summed E-state index contributed by atoms with van der Waals surface area (Å²) in [7, 11) is 0. The maximum absolute atomic E-state index is 15.2. The highest BCUT2D eigenvalue weighted by Gasteiger charge is 2.25. The highest BCUT2D eigenvalue weighted by Crippen LogP contribution is 2.30. The van der Waals surface area contributed by atoms with Crippen molar-refractivity contribution in [2.24, 2.45) is 5.73 Å². The minimum Gasteiger partial charge on any atom is -0.384 e. The number of carbonyl (C=O) groups is 2. The van der Waals surface area contributed by atoms with Gasteiger partial charge >= 0.3 is 0 Å². The molecule has 0 aliphatic carbocycles. The summed E-state index contributed by atoms with van der Waals surface area (Å²) in [5.41, 5.74) is 11.1. The van der Waals surface area contributed by atoms with Crippen LogP contribution in [0.5, 0.6) is 0 Å². The number of nitrogen functional groups attached to an aromatic ring is 1. The number of aromatic nitrogens is 1. The summed E-state index contributed by atoms with van der Waals surface area (Å²) >= 11 is 6.12. The fourth-order valence-electron chi connectivity index (χ4n) is 2.91. The van der Waals surface area contributed by atoms with Gasteiger partial charge in [-0.15, -0.1) is 0 Å². The molecule has 6 nitrogen and oxygen atoms in total. The second-order valence-electron chi connectivity index (χ2n) is 6.32. The Labute approximate surface area is 165 Å². The number of nitrogens with two attached hydrogens (primary N) is 2. The molecule has 2 aromatic rings. The number of anilines is 1. The third kappa shape index (κ3) is 5.02. The van der Waals surface area contributed by atoms with E-state index in [0.717, 1.165) is 0 Å². The number of nitrogens with one attached hydrogen (secondary N) is 1. The maximum Gasteiger partial charge on any atom is 0.218 e. The van der Waals surface area contributed by atoms with E-state index >= 15 is 4.39 Å². The molecule has 1 aromatic carbocycles. The molecule has 0 radical (unpaired) electrons. The summed E-state index contributed by atoms with van der Waals surface area (Å²) < 4.78 is 15.2. The Hall–Kier alpha value is -2.51. The van der Waals surface area contributed by atoms with Crippen molar-refractivity contribution in [1.82, 2.24) is 10.3 Å². The van der Waals surface area contributed by atoms with Gasteiger partial charge in [-0.05, 0) is 31.5 Å². The lowest BCUT2D eigenvalue weighted by Crippen LogP contribution is -2.34. The molecule has 148 valence electrons. The lowest BCUT2D eigenvalue weighted by molar-refractivity contribution is -0.118. The molecular weight excluding hydrogens is 371 g/mol. The molecule has 0 unspecified atom stereocenters. The molecule has 0 saturated carbocycles. The van der Waals surface area contributed by atoms with Crippen molar-refractivity contribution in [3.63, 3.8) is 0 Å². The van der Waals surface area contributed by atoms with Crippen LogP contribution in [0, 0.1) is 5.82 Å². The van der Waals surface area contributed by atoms with Gasteiger partial charge in [0.05, 0.1) is 10.6 Å². The number of amides is 1. The van der Waals surface area contributed by atoms with E-state index in [9.17, 15) is 9.59 Å². The molecule has 2 rings (SSSR count). The zero-order valence-corrected chi connectivity index (χ0v) is 15.9. The lowest BCUT2D eigenvalue weighted by atomic mass is 9.96. The number of hydrogen-bond acceptors (Lipinski definition) is 5. The Bertz CT molecular complexity index is 870. The molecule has 0 aliphatic rings. The van der Waals surface area contributed by atoms with E-state index in [1.54, 1.807) is 6.92 Å². The van der Waals surface area contributed by atoms with E-state index in [-0.39, 0.29) is 37.3 Å². The van der Waals surface area contributed by atoms with E-state index in [1.165, 1.54) is 30.5 Å². The van der Waals surface area contributed by atoms with Crippen LogP contribution in [0.3, 0.4) is 0 Å². The maximum atomic E-state index is 15.2. The predicted octanol–water partition coefficient (Wildman–Crippen LogP) is 3.48. The van der Waals surface area contributed by atoms with Crippen LogP contribution in [0.15, 0.2) is 30.5 Å². The number of rotatable bonds is 8. The van der Waals surface area contributed by atoms with E-state index in [0.29, 0.717) is 12.0 Å². The van der Waals surface area contributed by atoms with Crippen LogP contribution < -0.4 is 16.8 Å². The first-order valence-corrected chi connectivity index (χ1v) is 8.90. The molecule has 2 atom stereocenters. The summed E-state index contributed by atoms with van der Waals surface area (Å²) in [6, 6.07) is 5.18. The molecule has 1 heterocycles. The Morgan fingerprint density at radius 3 is 2.67 bits per heavy atom. The van der Waals surface area contributed by atoms with Crippen molar-refractivity contribution in [3.8, 4) is 0 Å². The molecule has 1 aromatic heterocycles. The third-order valence-corrected chi connectivity index (χ3v) is 4.48. The van der Waals surface area contributed by atoms with Crippen molar-refractivity contribution in [2.45, 2.75) is 38.8 Å². The fourth-order valence-corrected chi connectivity index (χ4v) is 3.14. The Balaban J connectivity index is 0.00000392. The number of carbonyl (C=O) groups excluding carboxylic acids is 2. The first kappa shape index (κ1) is 20.8. The number of pyridine rings is 1. The first-order valence-electron chi connectivity index (χ1n) is 8.53. The highest BCUT2D eigenvalue weighted by atomic mass is 35.5. The molecule has 0 saturated heterocycles. The second-order valence-corrected chi connectivity index (χ2v) is 6.73. The number of nitrogens with zero attached hydrogens (tertiary/aromatic N) is 1. The number of ketones is 1. The molecule has 0 spiro atoms. The summed E-state index contributed by atoms with van der Waals surface area (Å²) in [6.45, 7) is 3.65. The zero-order valence-electron chi connectivity index (χ0n) is 15.1. The summed E-state index contributed by atoms with van der Waals surface area (Å²) in [6.07, 6.45) is 2.03. The standard InChI is InChI=1S/C19H22ClFN4O2.2H2/c1-3-14(25-10(2)8-16(23)26)12-4-5-13(20)17(18(12)21)19(27)11-6-7-24-15(22)9-11;;/h4-7,9-10,14,25H,3,8H2,1-2H3,(H2,22,24)(H2,23,26);2*1H/t10-,14+;;/m0../s1. The average molecular weight is 397 g/mol. The van der Waals surface area contributed by atoms with Crippen molar-refractivity contribution in [1.29, 1.82) is 0 Å². The van der Waals surface area contributed by atoms with Gasteiger partial charge in [0.1, 0.15) is 11.6 Å². The quantitative estimate of drug-likeness (QED) is 0.591. The number of hydrogen-bond donors (Lipinski definition) is 3. The summed E-state index contributed by atoms with van der Waals surface area (Å²) in [5, 5.41) is 3.18. The monoisotopic (exact) mass is 396 g/mol. The topological polar surface area (TPSA) is 111 Å². The van der Waals surface area contributed by atoms with Crippen LogP contribution >= 0.6 is 11.6 Å². The molecule has 5 N–H and O–H groups in total. The molecule has 0 aliphatic heterocycles. The van der Waals surface area contributed by atoms with E-state index in [4.69, 9.17) is 23.1 Å². The average Bonchev–Trinajstić information content (AvgIpc) is 2.59. The van der Waals surface area contributed by atoms with Gasteiger partial charge in [0, 0.05) is 38.7 Å². The van der Waals surface area contributed by atoms with Crippen LogP contribution in [0.2, 0.25) is 5.02 Å². The second kappa shape index (κ2) is 8.92. The summed E-state index contributed by atoms with van der Waals surface area (Å²) in [5.74, 6) is -1.57. The van der Waals surface area contributed by atoms with Gasteiger partial charge in [0.2, 0.25) is 5.91 Å². The lowest BCUT2D eigenvalue weighted by Gasteiger charge is -2.23. The van der Waals surface area contributed by atoms with Gasteiger partial charge < -0.3 is 16.8 Å². The Morgan fingerprint density at radius 1 is 1.37 bits per heavy atom. The zero-order chi connectivity index (χ0) is 20.1. The SMILES string of the molecule is CC[C@@H](N[C@@H](C)CC(N)=O)c1ccc(Cl)c(C(=O)c2ccnc(N)c2)c1F.[HH].[HH]. The van der Waals surface area contributed by atoms with Crippen molar-refractivity contribution >= 4 is 29.1 Å². The molecule has 1 amide bonds. The van der Waals surface area contributed by atoms with Crippen molar-refractivity contribution in [3.05, 3.63) is 58.0 Å². The van der Waals surface area contributed by atoms with Gasteiger partial charge in [-0.3, -0.25) is 9.59 Å². The Morgan fingerprint density at radius 2 is 2.07 bits per heavy atom. The van der Waals surface area contributed by atoms with Crippen LogP contribution in [-0.2, 0) is 4.79 Å². The first-order chi connectivity index (χ1) is 12.7. The minimum atomic E-state index is -0.700. The van der Waals surface area contributed by atoms with Gasteiger partial charge in [0.25, 0.3) is 0 Å². The van der Waals surface area contributed by atoms with Crippen LogP contribution in [0.4, 0.5) is 10.2 Å². The highest BCUT2D eigenvalue weighted by molar-refractivity contribution is 6.35. The molecule has 27 heavy (non-hydrogen) atoms. The van der Waals surface area contributed by atoms with Crippen molar-refractivity contribution in [2.75, 3.05) is 5.73 Å². The normalized spacial score (nSPS) is 13.2. The summed E-state index contributed by atoms with van der Waals surface area (Å²) in [4.78, 5) is 27.7. The molecule has 0 fully saturated rings. The largest absolute Gasteiger partial charge is 0.384 e. The van der Waals surface area contributed by atoms with Gasteiger partial charge in [0.15, 0.2) is 5.78 Å². The van der Waals surface area contributed by atoms with Crippen LogP contribution in [-0.4, -0.2) is 22.7 Å². The van der Waals surface area contributed by atoms with Crippen LogP contribution in [0.1, 0.15) is 57.1 Å². The Kier molecular flexibility index (Phi) is 6.87. The van der Waals surface area contributed by atoms with Gasteiger partial charge in [-0.25, -0.2) is 9.37 Å². The molecular formula is C19H26ClFN4O2. The van der Waals surface area contributed by atoms with Crippen molar-refractivity contribution < 1.29 is 16.8 Å².